The van der Waals surface area contributed by atoms with Crippen molar-refractivity contribution in [2.45, 2.75) is 59.8 Å². The molecular formula is C20H28NNaO3. The second kappa shape index (κ2) is 9.56. The Morgan fingerprint density at radius 2 is 1.80 bits per heavy atom. The van der Waals surface area contributed by atoms with E-state index in [1.54, 1.807) is 0 Å². The van der Waals surface area contributed by atoms with Crippen molar-refractivity contribution in [1.82, 2.24) is 0 Å². The number of oxime groups is 1. The van der Waals surface area contributed by atoms with Crippen molar-refractivity contribution in [3.05, 3.63) is 45.7 Å². The van der Waals surface area contributed by atoms with Gasteiger partial charge in [-0.05, 0) is 56.7 Å². The van der Waals surface area contributed by atoms with Crippen LogP contribution in [0.15, 0.2) is 28.6 Å². The van der Waals surface area contributed by atoms with Crippen LogP contribution in [0.1, 0.15) is 61.3 Å². The minimum absolute atomic E-state index is 0. The van der Waals surface area contributed by atoms with Crippen LogP contribution in [0.25, 0.3) is 0 Å². The van der Waals surface area contributed by atoms with E-state index < -0.39 is 0 Å². The fraction of sp³-hybridized carbons (Fsp3) is 0.500. The molecule has 0 aromatic heterocycles. The first kappa shape index (κ1) is 21.9. The van der Waals surface area contributed by atoms with Crippen LogP contribution in [0, 0.1) is 20.8 Å². The van der Waals surface area contributed by atoms with Crippen molar-refractivity contribution in [2.75, 3.05) is 6.61 Å². The first-order valence-electron chi connectivity index (χ1n) is 8.61. The Kier molecular flexibility index (Phi) is 8.39. The minimum atomic E-state index is -0.0524. The average Bonchev–Trinajstić information content (AvgIpc) is 2.48. The fourth-order valence-electron chi connectivity index (χ4n) is 3.69. The molecule has 1 aliphatic carbocycles. The monoisotopic (exact) mass is 353 g/mol. The summed E-state index contributed by atoms with van der Waals surface area (Å²) in [6.45, 7) is 10.4. The van der Waals surface area contributed by atoms with Gasteiger partial charge in [-0.25, -0.2) is 0 Å². The number of hydrogen-bond acceptors (Lipinski definition) is 4. The summed E-state index contributed by atoms with van der Waals surface area (Å²) in [5.41, 5.74) is 5.65. The molecule has 0 fully saturated rings. The molecule has 25 heavy (non-hydrogen) atoms. The van der Waals surface area contributed by atoms with E-state index in [0.717, 1.165) is 0 Å². The Balaban J connectivity index is 0.00000312. The molecule has 0 bridgehead atoms. The molecule has 0 spiro atoms. The number of hydrogen-bond donors (Lipinski definition) is 1. The maximum atomic E-state index is 12.7. The first-order chi connectivity index (χ1) is 11.4. The molecule has 0 saturated heterocycles. The van der Waals surface area contributed by atoms with Crippen LogP contribution in [-0.4, -0.2) is 52.8 Å². The predicted octanol–water partition coefficient (Wildman–Crippen LogP) is 4.02. The molecule has 0 radical (unpaired) electrons. The van der Waals surface area contributed by atoms with Gasteiger partial charge in [-0.3, -0.25) is 4.79 Å². The summed E-state index contributed by atoms with van der Waals surface area (Å²) in [4.78, 5) is 17.8. The summed E-state index contributed by atoms with van der Waals surface area (Å²) in [5.74, 6) is 0.103. The Hall–Kier alpha value is -1.10. The van der Waals surface area contributed by atoms with Crippen molar-refractivity contribution in [1.29, 1.82) is 0 Å². The molecule has 1 N–H and O–H groups in total. The molecule has 1 unspecified atom stereocenters. The van der Waals surface area contributed by atoms with Crippen LogP contribution < -0.4 is 0 Å². The SMILES string of the molecule is CCON=C(CC)C1=C(O)CC(c2c(C)cc(C)cc2C)CC1=O.[NaH]. The number of carbonyl (C=O) groups excluding carboxylic acids is 1. The van der Waals surface area contributed by atoms with Gasteiger partial charge >= 0.3 is 29.6 Å². The van der Waals surface area contributed by atoms with E-state index in [0.29, 0.717) is 37.2 Å². The number of benzene rings is 1. The zero-order chi connectivity index (χ0) is 17.9. The third-order valence-electron chi connectivity index (χ3n) is 4.51. The van der Waals surface area contributed by atoms with Gasteiger partial charge in [-0.15, -0.1) is 0 Å². The predicted molar refractivity (Wildman–Crippen MR) is 104 cm³/mol. The molecular weight excluding hydrogens is 325 g/mol. The quantitative estimate of drug-likeness (QED) is 0.494. The van der Waals surface area contributed by atoms with Gasteiger partial charge in [-0.2, -0.15) is 0 Å². The summed E-state index contributed by atoms with van der Waals surface area (Å²) in [6.07, 6.45) is 1.42. The van der Waals surface area contributed by atoms with Crippen molar-refractivity contribution < 1.29 is 14.7 Å². The van der Waals surface area contributed by atoms with Gasteiger partial charge in [0.15, 0.2) is 5.78 Å². The summed E-state index contributed by atoms with van der Waals surface area (Å²) >= 11 is 0. The number of aliphatic hydroxyl groups excluding tert-OH is 1. The maximum absolute atomic E-state index is 12.7. The van der Waals surface area contributed by atoms with Crippen LogP contribution in [-0.2, 0) is 9.63 Å². The third-order valence-corrected chi connectivity index (χ3v) is 4.51. The molecule has 1 aliphatic rings. The Bertz CT molecular complexity index is 684. The number of nitrogens with zero attached hydrogens (tertiary/aromatic N) is 1. The Labute approximate surface area is 172 Å². The first-order valence-corrected chi connectivity index (χ1v) is 8.61. The summed E-state index contributed by atoms with van der Waals surface area (Å²) in [5, 5.41) is 14.5. The number of allylic oxidation sites excluding steroid dienone is 2. The molecule has 0 amide bonds. The summed E-state index contributed by atoms with van der Waals surface area (Å²) in [6, 6.07) is 4.27. The zero-order valence-corrected chi connectivity index (χ0v) is 15.3. The van der Waals surface area contributed by atoms with E-state index in [1.807, 2.05) is 13.8 Å². The normalized spacial score (nSPS) is 18.2. The van der Waals surface area contributed by atoms with Gasteiger partial charge in [0.2, 0.25) is 0 Å². The molecule has 2 rings (SSSR count). The van der Waals surface area contributed by atoms with Crippen molar-refractivity contribution >= 4 is 41.1 Å². The molecule has 0 heterocycles. The molecule has 1 atom stereocenters. The van der Waals surface area contributed by atoms with Crippen molar-refractivity contribution in [3.8, 4) is 0 Å². The Morgan fingerprint density at radius 1 is 1.20 bits per heavy atom. The van der Waals surface area contributed by atoms with Gasteiger partial charge in [0.1, 0.15) is 12.4 Å². The second-order valence-electron chi connectivity index (χ2n) is 6.47. The van der Waals surface area contributed by atoms with E-state index in [4.69, 9.17) is 4.84 Å². The number of aryl methyl sites for hydroxylation is 3. The van der Waals surface area contributed by atoms with Crippen LogP contribution in [0.5, 0.6) is 0 Å². The van der Waals surface area contributed by atoms with Crippen LogP contribution in [0.4, 0.5) is 0 Å². The van der Waals surface area contributed by atoms with E-state index >= 15 is 0 Å². The molecule has 132 valence electrons. The van der Waals surface area contributed by atoms with Crippen molar-refractivity contribution in [3.63, 3.8) is 0 Å². The molecule has 1 aromatic carbocycles. The third kappa shape index (κ3) is 4.96. The van der Waals surface area contributed by atoms with Crippen LogP contribution in [0.3, 0.4) is 0 Å². The van der Waals surface area contributed by atoms with E-state index in [2.05, 4.69) is 38.1 Å². The zero-order valence-electron chi connectivity index (χ0n) is 15.3. The Morgan fingerprint density at radius 3 is 2.28 bits per heavy atom. The van der Waals surface area contributed by atoms with Crippen LogP contribution in [0.2, 0.25) is 0 Å². The van der Waals surface area contributed by atoms with Crippen molar-refractivity contribution in [2.24, 2.45) is 5.16 Å². The van der Waals surface area contributed by atoms with Crippen LogP contribution >= 0.6 is 0 Å². The molecule has 0 aliphatic heterocycles. The molecule has 0 saturated carbocycles. The van der Waals surface area contributed by atoms with Gasteiger partial charge in [-0.1, -0.05) is 29.8 Å². The number of ketones is 1. The topological polar surface area (TPSA) is 58.9 Å². The molecule has 5 heteroatoms. The fourth-order valence-corrected chi connectivity index (χ4v) is 3.69. The van der Waals surface area contributed by atoms with Gasteiger partial charge < -0.3 is 9.94 Å². The molecule has 4 nitrogen and oxygen atoms in total. The van der Waals surface area contributed by atoms with E-state index in [-0.39, 0.29) is 47.0 Å². The van der Waals surface area contributed by atoms with E-state index in [1.165, 1.54) is 22.3 Å². The number of aliphatic hydroxyl groups is 1. The van der Waals surface area contributed by atoms with Gasteiger partial charge in [0, 0.05) is 12.8 Å². The van der Waals surface area contributed by atoms with E-state index in [9.17, 15) is 9.90 Å². The number of rotatable bonds is 5. The average molecular weight is 353 g/mol. The number of Topliss-reactive ketones (excluding diaryl/α,β-unsaturated/α-hetero) is 1. The summed E-state index contributed by atoms with van der Waals surface area (Å²) in [7, 11) is 0. The number of carbonyl (C=O) groups is 1. The van der Waals surface area contributed by atoms with Gasteiger partial charge in [0.25, 0.3) is 0 Å². The second-order valence-corrected chi connectivity index (χ2v) is 6.47. The standard InChI is InChI=1S/C20H27NO3.Na.H/c1-6-16(21-24-7-2)20-17(22)10-15(11-18(20)23)19-13(4)8-12(3)9-14(19)5;;/h8-9,15,22H,6-7,10-11H2,1-5H3;;. The summed E-state index contributed by atoms with van der Waals surface area (Å²) < 4.78 is 0. The van der Waals surface area contributed by atoms with Gasteiger partial charge in [0.05, 0.1) is 11.3 Å². The molecule has 1 aromatic rings.